The summed E-state index contributed by atoms with van der Waals surface area (Å²) < 4.78 is 0. The first-order valence-electron chi connectivity index (χ1n) is 6.42. The number of nitrogen functional groups attached to an aromatic ring is 1. The van der Waals surface area contributed by atoms with Gasteiger partial charge in [0, 0.05) is 17.8 Å². The minimum atomic E-state index is -0.453. The Kier molecular flexibility index (Phi) is 3.89. The van der Waals surface area contributed by atoms with E-state index < -0.39 is 4.92 Å². The molecule has 0 saturated heterocycles. The molecule has 5 nitrogen and oxygen atoms in total. The molecule has 0 aliphatic carbocycles. The number of nitrogens with one attached hydrogen (secondary N) is 1. The van der Waals surface area contributed by atoms with Gasteiger partial charge in [-0.25, -0.2) is 0 Å². The lowest BCUT2D eigenvalue weighted by molar-refractivity contribution is -0.384. The Balaban J connectivity index is 2.38. The second kappa shape index (κ2) is 5.61. The van der Waals surface area contributed by atoms with Crippen molar-refractivity contribution in [3.8, 4) is 0 Å². The molecule has 2 rings (SSSR count). The fourth-order valence-electron chi connectivity index (χ4n) is 2.11. The highest BCUT2D eigenvalue weighted by Crippen LogP contribution is 2.30. The summed E-state index contributed by atoms with van der Waals surface area (Å²) in [7, 11) is 0. The highest BCUT2D eigenvalue weighted by Gasteiger charge is 2.11. The van der Waals surface area contributed by atoms with Crippen molar-refractivity contribution in [1.82, 2.24) is 0 Å². The number of nitrogens with zero attached hydrogens (tertiary/aromatic N) is 1. The lowest BCUT2D eigenvalue weighted by Crippen LogP contribution is -2.01. The first kappa shape index (κ1) is 13.9. The van der Waals surface area contributed by atoms with Gasteiger partial charge in [-0.1, -0.05) is 25.1 Å². The third-order valence-corrected chi connectivity index (χ3v) is 3.25. The molecule has 2 aromatic rings. The summed E-state index contributed by atoms with van der Waals surface area (Å²) in [6, 6.07) is 10.5. The standard InChI is InChI=1S/C15H17N3O2/c1-3-11-6-4-5-10(2)15(11)17-14-8-7-12(18(19)20)9-13(14)16/h4-9,17H,3,16H2,1-2H3. The van der Waals surface area contributed by atoms with Crippen molar-refractivity contribution in [2.45, 2.75) is 20.3 Å². The smallest absolute Gasteiger partial charge is 0.271 e. The Labute approximate surface area is 117 Å². The Hall–Kier alpha value is -2.56. The molecule has 0 saturated carbocycles. The van der Waals surface area contributed by atoms with Crippen LogP contribution < -0.4 is 11.1 Å². The van der Waals surface area contributed by atoms with Gasteiger partial charge in [-0.15, -0.1) is 0 Å². The summed E-state index contributed by atoms with van der Waals surface area (Å²) in [5.74, 6) is 0. The average Bonchev–Trinajstić information content (AvgIpc) is 2.42. The summed E-state index contributed by atoms with van der Waals surface area (Å²) in [4.78, 5) is 10.3. The normalized spacial score (nSPS) is 10.3. The first-order chi connectivity index (χ1) is 9.52. The van der Waals surface area contributed by atoms with Crippen LogP contribution in [0.25, 0.3) is 0 Å². The van der Waals surface area contributed by atoms with E-state index >= 15 is 0 Å². The molecule has 0 spiro atoms. The molecule has 0 atom stereocenters. The number of rotatable bonds is 4. The molecular weight excluding hydrogens is 254 g/mol. The van der Waals surface area contributed by atoms with E-state index in [1.807, 2.05) is 19.1 Å². The van der Waals surface area contributed by atoms with Gasteiger partial charge in [-0.05, 0) is 30.5 Å². The van der Waals surface area contributed by atoms with Crippen molar-refractivity contribution in [3.63, 3.8) is 0 Å². The molecule has 0 radical (unpaired) electrons. The molecule has 20 heavy (non-hydrogen) atoms. The van der Waals surface area contributed by atoms with Crippen molar-refractivity contribution in [2.75, 3.05) is 11.1 Å². The topological polar surface area (TPSA) is 81.2 Å². The van der Waals surface area contributed by atoms with E-state index in [1.54, 1.807) is 6.07 Å². The number of nitro benzene ring substituents is 1. The van der Waals surface area contributed by atoms with Crippen LogP contribution in [-0.2, 0) is 6.42 Å². The van der Waals surface area contributed by atoms with Crippen molar-refractivity contribution >= 4 is 22.7 Å². The van der Waals surface area contributed by atoms with Crippen LogP contribution in [-0.4, -0.2) is 4.92 Å². The van der Waals surface area contributed by atoms with Crippen molar-refractivity contribution in [1.29, 1.82) is 0 Å². The summed E-state index contributed by atoms with van der Waals surface area (Å²) >= 11 is 0. The number of non-ortho nitro benzene ring substituents is 1. The number of hydrogen-bond acceptors (Lipinski definition) is 4. The molecule has 2 aromatic carbocycles. The quantitative estimate of drug-likeness (QED) is 0.503. The fraction of sp³-hybridized carbons (Fsp3) is 0.200. The average molecular weight is 271 g/mol. The van der Waals surface area contributed by atoms with E-state index in [-0.39, 0.29) is 5.69 Å². The Morgan fingerprint density at radius 3 is 2.65 bits per heavy atom. The van der Waals surface area contributed by atoms with Gasteiger partial charge in [0.25, 0.3) is 5.69 Å². The van der Waals surface area contributed by atoms with Gasteiger partial charge in [0.15, 0.2) is 0 Å². The maximum Gasteiger partial charge on any atom is 0.271 e. The minimum absolute atomic E-state index is 0.00597. The van der Waals surface area contributed by atoms with E-state index in [4.69, 9.17) is 5.73 Å². The molecule has 5 heteroatoms. The third kappa shape index (κ3) is 2.71. The number of nitro groups is 1. The number of nitrogens with two attached hydrogens (primary N) is 1. The highest BCUT2D eigenvalue weighted by molar-refractivity contribution is 5.77. The van der Waals surface area contributed by atoms with Crippen LogP contribution in [0.2, 0.25) is 0 Å². The number of para-hydroxylation sites is 1. The van der Waals surface area contributed by atoms with Gasteiger partial charge in [0.05, 0.1) is 16.3 Å². The summed E-state index contributed by atoms with van der Waals surface area (Å²) in [5.41, 5.74) is 10.2. The van der Waals surface area contributed by atoms with Gasteiger partial charge in [-0.2, -0.15) is 0 Å². The van der Waals surface area contributed by atoms with Gasteiger partial charge in [0.2, 0.25) is 0 Å². The number of hydrogen-bond donors (Lipinski definition) is 2. The minimum Gasteiger partial charge on any atom is -0.397 e. The molecule has 0 fully saturated rings. The van der Waals surface area contributed by atoms with Crippen LogP contribution >= 0.6 is 0 Å². The zero-order valence-electron chi connectivity index (χ0n) is 11.5. The highest BCUT2D eigenvalue weighted by atomic mass is 16.6. The largest absolute Gasteiger partial charge is 0.397 e. The van der Waals surface area contributed by atoms with Crippen LogP contribution in [0, 0.1) is 17.0 Å². The molecule has 0 aliphatic rings. The molecule has 3 N–H and O–H groups in total. The molecule has 0 aromatic heterocycles. The molecule has 104 valence electrons. The van der Waals surface area contributed by atoms with Crippen molar-refractivity contribution in [2.24, 2.45) is 0 Å². The zero-order chi connectivity index (χ0) is 14.7. The van der Waals surface area contributed by atoms with E-state index in [1.165, 1.54) is 17.7 Å². The van der Waals surface area contributed by atoms with E-state index in [2.05, 4.69) is 18.3 Å². The molecule has 0 amide bonds. The summed E-state index contributed by atoms with van der Waals surface area (Å²) in [6.45, 7) is 4.10. The predicted octanol–water partition coefficient (Wildman–Crippen LogP) is 3.79. The monoisotopic (exact) mass is 271 g/mol. The van der Waals surface area contributed by atoms with E-state index in [0.717, 1.165) is 17.7 Å². The molecule has 0 bridgehead atoms. The number of anilines is 3. The van der Waals surface area contributed by atoms with Gasteiger partial charge in [-0.3, -0.25) is 10.1 Å². The zero-order valence-corrected chi connectivity index (χ0v) is 11.5. The lowest BCUT2D eigenvalue weighted by atomic mass is 10.1. The van der Waals surface area contributed by atoms with Crippen molar-refractivity contribution in [3.05, 3.63) is 57.6 Å². The van der Waals surface area contributed by atoms with Gasteiger partial charge >= 0.3 is 0 Å². The number of benzene rings is 2. The van der Waals surface area contributed by atoms with Crippen molar-refractivity contribution < 1.29 is 4.92 Å². The number of aryl methyl sites for hydroxylation is 2. The molecule has 0 aliphatic heterocycles. The Morgan fingerprint density at radius 1 is 1.30 bits per heavy atom. The molecular formula is C15H17N3O2. The fourth-order valence-corrected chi connectivity index (χ4v) is 2.11. The SMILES string of the molecule is CCc1cccc(C)c1Nc1ccc([N+](=O)[O-])cc1N. The van der Waals surface area contributed by atoms with Crippen LogP contribution in [0.1, 0.15) is 18.1 Å². The third-order valence-electron chi connectivity index (χ3n) is 3.25. The van der Waals surface area contributed by atoms with E-state index in [0.29, 0.717) is 11.4 Å². The second-order valence-electron chi connectivity index (χ2n) is 4.62. The Bertz CT molecular complexity index is 654. The summed E-state index contributed by atoms with van der Waals surface area (Å²) in [6.07, 6.45) is 0.900. The van der Waals surface area contributed by atoms with E-state index in [9.17, 15) is 10.1 Å². The van der Waals surface area contributed by atoms with Crippen LogP contribution in [0.3, 0.4) is 0 Å². The molecule has 0 unspecified atom stereocenters. The first-order valence-corrected chi connectivity index (χ1v) is 6.42. The predicted molar refractivity (Wildman–Crippen MR) is 81.3 cm³/mol. The maximum atomic E-state index is 10.7. The van der Waals surface area contributed by atoms with Gasteiger partial charge in [0.1, 0.15) is 0 Å². The molecule has 0 heterocycles. The second-order valence-corrected chi connectivity index (χ2v) is 4.62. The van der Waals surface area contributed by atoms with Gasteiger partial charge < -0.3 is 11.1 Å². The summed E-state index contributed by atoms with van der Waals surface area (Å²) in [5, 5.41) is 14.0. The lowest BCUT2D eigenvalue weighted by Gasteiger charge is -2.15. The van der Waals surface area contributed by atoms with Crippen LogP contribution in [0.15, 0.2) is 36.4 Å². The van der Waals surface area contributed by atoms with Crippen LogP contribution in [0.4, 0.5) is 22.7 Å². The maximum absolute atomic E-state index is 10.7. The van der Waals surface area contributed by atoms with Crippen LogP contribution in [0.5, 0.6) is 0 Å². The Morgan fingerprint density at radius 2 is 2.05 bits per heavy atom.